The maximum absolute atomic E-state index is 11.1. The van der Waals surface area contributed by atoms with Crippen molar-refractivity contribution in [1.82, 2.24) is 0 Å². The van der Waals surface area contributed by atoms with Gasteiger partial charge in [-0.05, 0) is 37.1 Å². The molecule has 1 aromatic carbocycles. The highest BCUT2D eigenvalue weighted by Crippen LogP contribution is 2.24. The Bertz CT molecular complexity index is 347. The lowest BCUT2D eigenvalue weighted by molar-refractivity contribution is -0.109. The molecule has 16 heavy (non-hydrogen) atoms. The number of rotatable bonds is 2. The van der Waals surface area contributed by atoms with Crippen molar-refractivity contribution in [3.8, 4) is 0 Å². The van der Waals surface area contributed by atoms with E-state index in [1.54, 1.807) is 0 Å². The fourth-order valence-corrected chi connectivity index (χ4v) is 2.26. The number of carbonyl (C=O) groups excluding carboxylic acids is 1. The Morgan fingerprint density at radius 1 is 1.19 bits per heavy atom. The van der Waals surface area contributed by atoms with Crippen LogP contribution >= 0.6 is 0 Å². The SMILES string of the molecule is Nc1ccc(N2CCCCCC2C=O)cc1. The Hall–Kier alpha value is -1.51. The second-order valence-electron chi connectivity index (χ2n) is 4.34. The number of nitrogens with two attached hydrogens (primary N) is 1. The summed E-state index contributed by atoms with van der Waals surface area (Å²) in [5, 5.41) is 0. The third-order valence-corrected chi connectivity index (χ3v) is 3.18. The lowest BCUT2D eigenvalue weighted by Gasteiger charge is -2.28. The van der Waals surface area contributed by atoms with Gasteiger partial charge in [0.15, 0.2) is 0 Å². The largest absolute Gasteiger partial charge is 0.399 e. The quantitative estimate of drug-likeness (QED) is 0.611. The average Bonchev–Trinajstić information content (AvgIpc) is 2.55. The zero-order valence-corrected chi connectivity index (χ0v) is 9.43. The van der Waals surface area contributed by atoms with Crippen molar-refractivity contribution in [2.75, 3.05) is 17.2 Å². The van der Waals surface area contributed by atoms with E-state index in [0.29, 0.717) is 0 Å². The molecule has 0 bridgehead atoms. The minimum Gasteiger partial charge on any atom is -0.399 e. The van der Waals surface area contributed by atoms with Crippen LogP contribution in [0.4, 0.5) is 11.4 Å². The van der Waals surface area contributed by atoms with Gasteiger partial charge in [0.1, 0.15) is 6.29 Å². The summed E-state index contributed by atoms with van der Waals surface area (Å²) in [5.41, 5.74) is 7.54. The van der Waals surface area contributed by atoms with Crippen molar-refractivity contribution in [2.24, 2.45) is 0 Å². The van der Waals surface area contributed by atoms with Crippen molar-refractivity contribution in [2.45, 2.75) is 31.7 Å². The van der Waals surface area contributed by atoms with Gasteiger partial charge >= 0.3 is 0 Å². The molecule has 0 aliphatic carbocycles. The van der Waals surface area contributed by atoms with Crippen molar-refractivity contribution < 1.29 is 4.79 Å². The third-order valence-electron chi connectivity index (χ3n) is 3.18. The van der Waals surface area contributed by atoms with Crippen LogP contribution in [0.15, 0.2) is 24.3 Å². The Morgan fingerprint density at radius 3 is 2.62 bits per heavy atom. The Balaban J connectivity index is 2.21. The van der Waals surface area contributed by atoms with Gasteiger partial charge in [0.05, 0.1) is 6.04 Å². The van der Waals surface area contributed by atoms with Crippen LogP contribution in [0, 0.1) is 0 Å². The van der Waals surface area contributed by atoms with Crippen LogP contribution in [0.25, 0.3) is 0 Å². The second-order valence-corrected chi connectivity index (χ2v) is 4.34. The lowest BCUT2D eigenvalue weighted by atomic mass is 10.1. The minimum absolute atomic E-state index is 0.0334. The fourth-order valence-electron chi connectivity index (χ4n) is 2.26. The lowest BCUT2D eigenvalue weighted by Crippen LogP contribution is -2.35. The molecule has 2 N–H and O–H groups in total. The topological polar surface area (TPSA) is 46.3 Å². The first kappa shape index (κ1) is 11.0. The van der Waals surface area contributed by atoms with Crippen molar-refractivity contribution in [3.05, 3.63) is 24.3 Å². The number of aldehydes is 1. The van der Waals surface area contributed by atoms with Crippen molar-refractivity contribution in [1.29, 1.82) is 0 Å². The van der Waals surface area contributed by atoms with Gasteiger partial charge in [-0.15, -0.1) is 0 Å². The summed E-state index contributed by atoms with van der Waals surface area (Å²) in [6.45, 7) is 0.966. The molecule has 1 saturated heterocycles. The van der Waals surface area contributed by atoms with E-state index >= 15 is 0 Å². The first-order valence-electron chi connectivity index (χ1n) is 5.89. The number of benzene rings is 1. The Kier molecular flexibility index (Phi) is 3.44. The highest BCUT2D eigenvalue weighted by molar-refractivity contribution is 5.67. The molecule has 0 amide bonds. The Labute approximate surface area is 96.2 Å². The maximum Gasteiger partial charge on any atom is 0.142 e. The molecule has 0 radical (unpaired) electrons. The van der Waals surface area contributed by atoms with E-state index in [2.05, 4.69) is 4.90 Å². The van der Waals surface area contributed by atoms with Crippen LogP contribution in [0.2, 0.25) is 0 Å². The van der Waals surface area contributed by atoms with Gasteiger partial charge in [-0.1, -0.05) is 12.8 Å². The summed E-state index contributed by atoms with van der Waals surface area (Å²) in [5.74, 6) is 0. The fraction of sp³-hybridized carbons (Fsp3) is 0.462. The van der Waals surface area contributed by atoms with Crippen LogP contribution in [-0.4, -0.2) is 18.9 Å². The molecule has 3 nitrogen and oxygen atoms in total. The summed E-state index contributed by atoms with van der Waals surface area (Å²) in [6, 6.07) is 7.81. The van der Waals surface area contributed by atoms with E-state index in [1.807, 2.05) is 24.3 Å². The van der Waals surface area contributed by atoms with E-state index < -0.39 is 0 Å². The molecule has 1 fully saturated rings. The molecule has 1 unspecified atom stereocenters. The van der Waals surface area contributed by atoms with Gasteiger partial charge in [0.25, 0.3) is 0 Å². The van der Waals surface area contributed by atoms with Gasteiger partial charge in [0.2, 0.25) is 0 Å². The molecule has 1 heterocycles. The molecule has 0 saturated carbocycles. The molecule has 1 aliphatic heterocycles. The zero-order valence-electron chi connectivity index (χ0n) is 9.43. The Morgan fingerprint density at radius 2 is 1.94 bits per heavy atom. The summed E-state index contributed by atoms with van der Waals surface area (Å²) >= 11 is 0. The standard InChI is InChI=1S/C13H18N2O/c14-11-5-7-12(8-6-11)15-9-3-1-2-4-13(15)10-16/h5-8,10,13H,1-4,9,14H2. The summed E-state index contributed by atoms with van der Waals surface area (Å²) < 4.78 is 0. The molecule has 1 aromatic rings. The zero-order chi connectivity index (χ0) is 11.4. The summed E-state index contributed by atoms with van der Waals surface area (Å²) in [6.07, 6.45) is 5.56. The number of nitrogen functional groups attached to an aromatic ring is 1. The van der Waals surface area contributed by atoms with Gasteiger partial charge in [-0.25, -0.2) is 0 Å². The van der Waals surface area contributed by atoms with Gasteiger partial charge < -0.3 is 15.4 Å². The van der Waals surface area contributed by atoms with Crippen LogP contribution in [-0.2, 0) is 4.79 Å². The van der Waals surface area contributed by atoms with Gasteiger partial charge in [0, 0.05) is 17.9 Å². The number of nitrogens with zero attached hydrogens (tertiary/aromatic N) is 1. The minimum atomic E-state index is 0.0334. The second kappa shape index (κ2) is 5.01. The normalized spacial score (nSPS) is 21.5. The molecular formula is C13H18N2O. The number of hydrogen-bond donors (Lipinski definition) is 1. The van der Waals surface area contributed by atoms with E-state index in [-0.39, 0.29) is 6.04 Å². The maximum atomic E-state index is 11.1. The predicted molar refractivity (Wildman–Crippen MR) is 66.5 cm³/mol. The van der Waals surface area contributed by atoms with Crippen LogP contribution in [0.5, 0.6) is 0 Å². The molecule has 0 aromatic heterocycles. The van der Waals surface area contributed by atoms with Crippen LogP contribution < -0.4 is 10.6 Å². The first-order valence-corrected chi connectivity index (χ1v) is 5.89. The van der Waals surface area contributed by atoms with Crippen molar-refractivity contribution in [3.63, 3.8) is 0 Å². The summed E-state index contributed by atoms with van der Waals surface area (Å²) in [4.78, 5) is 13.3. The van der Waals surface area contributed by atoms with E-state index in [9.17, 15) is 4.79 Å². The van der Waals surface area contributed by atoms with Crippen molar-refractivity contribution >= 4 is 17.7 Å². The van der Waals surface area contributed by atoms with E-state index in [1.165, 1.54) is 6.42 Å². The molecule has 3 heteroatoms. The molecule has 2 rings (SSSR count). The molecule has 1 aliphatic rings. The number of anilines is 2. The van der Waals surface area contributed by atoms with E-state index in [0.717, 1.165) is 43.5 Å². The molecule has 1 atom stereocenters. The average molecular weight is 218 g/mol. The van der Waals surface area contributed by atoms with Gasteiger partial charge in [-0.3, -0.25) is 0 Å². The first-order chi connectivity index (χ1) is 7.81. The van der Waals surface area contributed by atoms with Gasteiger partial charge in [-0.2, -0.15) is 0 Å². The van der Waals surface area contributed by atoms with Crippen LogP contribution in [0.1, 0.15) is 25.7 Å². The predicted octanol–water partition coefficient (Wildman–Crippen LogP) is 2.22. The highest BCUT2D eigenvalue weighted by atomic mass is 16.1. The highest BCUT2D eigenvalue weighted by Gasteiger charge is 2.20. The number of carbonyl (C=O) groups is 1. The summed E-state index contributed by atoms with van der Waals surface area (Å²) in [7, 11) is 0. The molecule has 86 valence electrons. The monoisotopic (exact) mass is 218 g/mol. The van der Waals surface area contributed by atoms with Crippen LogP contribution in [0.3, 0.4) is 0 Å². The van der Waals surface area contributed by atoms with E-state index in [4.69, 9.17) is 5.73 Å². The third kappa shape index (κ3) is 2.35. The molecule has 0 spiro atoms. The smallest absolute Gasteiger partial charge is 0.142 e. The molecular weight excluding hydrogens is 200 g/mol. The number of hydrogen-bond acceptors (Lipinski definition) is 3.